The molecule has 0 radical (unpaired) electrons. The summed E-state index contributed by atoms with van der Waals surface area (Å²) in [4.78, 5) is 13.5. The Hall–Kier alpha value is -0.610. The molecule has 0 aromatic carbocycles. The average molecular weight is 200 g/mol. The Kier molecular flexibility index (Phi) is 4.35. The number of carbonyl (C=O) groups is 1. The van der Waals surface area contributed by atoms with Crippen LogP contribution in [0.4, 0.5) is 0 Å². The van der Waals surface area contributed by atoms with Crippen LogP contribution in [0.15, 0.2) is 0 Å². The zero-order valence-electron chi connectivity index (χ0n) is 9.03. The quantitative estimate of drug-likeness (QED) is 0.715. The molecule has 1 aliphatic rings. The van der Waals surface area contributed by atoms with Crippen LogP contribution in [0.2, 0.25) is 0 Å². The molecule has 1 atom stereocenters. The Bertz CT molecular complexity index is 187. The fraction of sp³-hybridized carbons (Fsp3) is 0.900. The van der Waals surface area contributed by atoms with E-state index in [1.807, 2.05) is 11.8 Å². The maximum absolute atomic E-state index is 11.6. The molecule has 0 aromatic rings. The molecule has 1 saturated heterocycles. The highest BCUT2D eigenvalue weighted by molar-refractivity contribution is 5.76. The number of nitrogens with two attached hydrogens (primary N) is 1. The number of nitrogens with zero attached hydrogens (tertiary/aromatic N) is 1. The number of carbonyl (C=O) groups excluding carboxylic acids is 1. The first-order chi connectivity index (χ1) is 6.63. The number of rotatable bonds is 3. The highest BCUT2D eigenvalue weighted by atomic mass is 16.5. The van der Waals surface area contributed by atoms with Crippen molar-refractivity contribution in [2.75, 3.05) is 20.2 Å². The molecule has 0 saturated carbocycles. The summed E-state index contributed by atoms with van der Waals surface area (Å²) in [6.07, 6.45) is 2.68. The van der Waals surface area contributed by atoms with Gasteiger partial charge >= 0.3 is 0 Å². The van der Waals surface area contributed by atoms with Crippen LogP contribution in [0.5, 0.6) is 0 Å². The van der Waals surface area contributed by atoms with Gasteiger partial charge in [-0.25, -0.2) is 0 Å². The lowest BCUT2D eigenvalue weighted by Gasteiger charge is -2.31. The van der Waals surface area contributed by atoms with Crippen molar-refractivity contribution in [3.8, 4) is 0 Å². The van der Waals surface area contributed by atoms with E-state index in [9.17, 15) is 4.79 Å². The van der Waals surface area contributed by atoms with E-state index in [0.717, 1.165) is 25.9 Å². The molecule has 1 amide bonds. The molecule has 1 fully saturated rings. The van der Waals surface area contributed by atoms with E-state index >= 15 is 0 Å². The van der Waals surface area contributed by atoms with Gasteiger partial charge in [0.2, 0.25) is 5.91 Å². The minimum atomic E-state index is -0.0392. The topological polar surface area (TPSA) is 55.6 Å². The Morgan fingerprint density at radius 2 is 2.14 bits per heavy atom. The third-order valence-electron chi connectivity index (χ3n) is 2.62. The minimum absolute atomic E-state index is 0.0392. The molecule has 14 heavy (non-hydrogen) atoms. The number of hydrogen-bond acceptors (Lipinski definition) is 3. The smallest absolute Gasteiger partial charge is 0.224 e. The predicted octanol–water partition coefficient (Wildman–Crippen LogP) is 0.361. The van der Waals surface area contributed by atoms with Crippen LogP contribution >= 0.6 is 0 Å². The summed E-state index contributed by atoms with van der Waals surface area (Å²) in [7, 11) is 1.73. The summed E-state index contributed by atoms with van der Waals surface area (Å²) in [5.74, 6) is 0.176. The van der Waals surface area contributed by atoms with Crippen molar-refractivity contribution >= 4 is 5.91 Å². The SMILES string of the molecule is COC1CCN(C(=O)CC(C)N)CC1. The van der Waals surface area contributed by atoms with Gasteiger partial charge in [0.1, 0.15) is 0 Å². The lowest BCUT2D eigenvalue weighted by Crippen LogP contribution is -2.42. The zero-order valence-corrected chi connectivity index (χ0v) is 9.03. The van der Waals surface area contributed by atoms with Crippen molar-refractivity contribution in [3.05, 3.63) is 0 Å². The summed E-state index contributed by atoms with van der Waals surface area (Å²) >= 11 is 0. The normalized spacial score (nSPS) is 20.9. The minimum Gasteiger partial charge on any atom is -0.381 e. The summed E-state index contributed by atoms with van der Waals surface area (Å²) in [5, 5.41) is 0. The van der Waals surface area contributed by atoms with Crippen molar-refractivity contribution in [3.63, 3.8) is 0 Å². The molecule has 0 aromatic heterocycles. The second-order valence-corrected chi connectivity index (χ2v) is 4.00. The Labute approximate surface area is 85.4 Å². The predicted molar refractivity (Wildman–Crippen MR) is 54.9 cm³/mol. The second-order valence-electron chi connectivity index (χ2n) is 4.00. The maximum Gasteiger partial charge on any atom is 0.224 e. The summed E-state index contributed by atoms with van der Waals surface area (Å²) in [6.45, 7) is 3.48. The number of ether oxygens (including phenoxy) is 1. The van der Waals surface area contributed by atoms with E-state index in [2.05, 4.69) is 0 Å². The molecule has 1 rings (SSSR count). The van der Waals surface area contributed by atoms with Gasteiger partial charge in [0.05, 0.1) is 6.10 Å². The van der Waals surface area contributed by atoms with Gasteiger partial charge in [-0.3, -0.25) is 4.79 Å². The number of likely N-dealkylation sites (tertiary alicyclic amines) is 1. The Morgan fingerprint density at radius 3 is 2.57 bits per heavy atom. The molecule has 1 heterocycles. The van der Waals surface area contributed by atoms with Gasteiger partial charge in [-0.15, -0.1) is 0 Å². The molecule has 82 valence electrons. The first-order valence-electron chi connectivity index (χ1n) is 5.19. The summed E-state index contributed by atoms with van der Waals surface area (Å²) < 4.78 is 5.24. The first-order valence-corrected chi connectivity index (χ1v) is 5.19. The second kappa shape index (κ2) is 5.32. The average Bonchev–Trinajstić information content (AvgIpc) is 2.17. The third-order valence-corrected chi connectivity index (χ3v) is 2.62. The van der Waals surface area contributed by atoms with Crippen LogP contribution in [0.1, 0.15) is 26.2 Å². The van der Waals surface area contributed by atoms with E-state index in [-0.39, 0.29) is 11.9 Å². The molecular weight excluding hydrogens is 180 g/mol. The summed E-state index contributed by atoms with van der Waals surface area (Å²) in [6, 6.07) is -0.0392. The van der Waals surface area contributed by atoms with E-state index in [1.54, 1.807) is 7.11 Å². The van der Waals surface area contributed by atoms with Gasteiger partial charge in [-0.1, -0.05) is 0 Å². The molecule has 0 aliphatic carbocycles. The molecule has 4 nitrogen and oxygen atoms in total. The number of hydrogen-bond donors (Lipinski definition) is 1. The molecule has 0 bridgehead atoms. The fourth-order valence-electron chi connectivity index (χ4n) is 1.75. The highest BCUT2D eigenvalue weighted by Gasteiger charge is 2.22. The van der Waals surface area contributed by atoms with Gasteiger partial charge in [-0.2, -0.15) is 0 Å². The largest absolute Gasteiger partial charge is 0.381 e. The lowest BCUT2D eigenvalue weighted by molar-refractivity contribution is -0.133. The van der Waals surface area contributed by atoms with E-state index < -0.39 is 0 Å². The van der Waals surface area contributed by atoms with Gasteiger partial charge < -0.3 is 15.4 Å². The van der Waals surface area contributed by atoms with Gasteiger partial charge in [0.25, 0.3) is 0 Å². The lowest BCUT2D eigenvalue weighted by atomic mass is 10.1. The first kappa shape index (κ1) is 11.5. The van der Waals surface area contributed by atoms with E-state index in [4.69, 9.17) is 10.5 Å². The third kappa shape index (κ3) is 3.27. The van der Waals surface area contributed by atoms with Crippen molar-refractivity contribution < 1.29 is 9.53 Å². The van der Waals surface area contributed by atoms with Gasteiger partial charge in [0.15, 0.2) is 0 Å². The van der Waals surface area contributed by atoms with E-state index in [1.165, 1.54) is 0 Å². The van der Waals surface area contributed by atoms with Crippen molar-refractivity contribution in [2.24, 2.45) is 5.73 Å². The molecule has 4 heteroatoms. The zero-order chi connectivity index (χ0) is 10.6. The fourth-order valence-corrected chi connectivity index (χ4v) is 1.75. The van der Waals surface area contributed by atoms with Gasteiger partial charge in [0, 0.05) is 32.7 Å². The van der Waals surface area contributed by atoms with Crippen LogP contribution in [0.25, 0.3) is 0 Å². The van der Waals surface area contributed by atoms with Crippen molar-refractivity contribution in [2.45, 2.75) is 38.3 Å². The molecule has 1 aliphatic heterocycles. The molecule has 2 N–H and O–H groups in total. The van der Waals surface area contributed by atoms with Crippen molar-refractivity contribution in [1.29, 1.82) is 0 Å². The van der Waals surface area contributed by atoms with Crippen LogP contribution in [0, 0.1) is 0 Å². The standard InChI is InChI=1S/C10H20N2O2/c1-8(11)7-10(13)12-5-3-9(14-2)4-6-12/h8-9H,3-7,11H2,1-2H3. The van der Waals surface area contributed by atoms with Crippen LogP contribution in [-0.2, 0) is 9.53 Å². The van der Waals surface area contributed by atoms with Crippen molar-refractivity contribution in [1.82, 2.24) is 4.90 Å². The number of amides is 1. The number of piperidine rings is 1. The van der Waals surface area contributed by atoms with Crippen LogP contribution in [-0.4, -0.2) is 43.2 Å². The maximum atomic E-state index is 11.6. The summed E-state index contributed by atoms with van der Waals surface area (Å²) in [5.41, 5.74) is 5.58. The monoisotopic (exact) mass is 200 g/mol. The Morgan fingerprint density at radius 1 is 1.57 bits per heavy atom. The van der Waals surface area contributed by atoms with Gasteiger partial charge in [-0.05, 0) is 19.8 Å². The van der Waals surface area contributed by atoms with Crippen LogP contribution < -0.4 is 5.73 Å². The molecule has 1 unspecified atom stereocenters. The Balaban J connectivity index is 2.30. The number of methoxy groups -OCH3 is 1. The molecule has 0 spiro atoms. The van der Waals surface area contributed by atoms with E-state index in [0.29, 0.717) is 12.5 Å². The highest BCUT2D eigenvalue weighted by Crippen LogP contribution is 2.13. The molecular formula is C10H20N2O2. The van der Waals surface area contributed by atoms with Crippen LogP contribution in [0.3, 0.4) is 0 Å².